The summed E-state index contributed by atoms with van der Waals surface area (Å²) in [6.07, 6.45) is 4.77. The summed E-state index contributed by atoms with van der Waals surface area (Å²) in [5.41, 5.74) is 4.32. The van der Waals surface area contributed by atoms with Crippen LogP contribution in [0.4, 0.5) is 0 Å². The van der Waals surface area contributed by atoms with E-state index < -0.39 is 0 Å². The first-order valence-electron chi connectivity index (χ1n) is 9.47. The quantitative estimate of drug-likeness (QED) is 0.734. The second kappa shape index (κ2) is 7.93. The molecule has 0 saturated heterocycles. The van der Waals surface area contributed by atoms with Gasteiger partial charge in [-0.1, -0.05) is 30.0 Å². The van der Waals surface area contributed by atoms with Crippen LogP contribution in [0, 0.1) is 0 Å². The molecule has 0 N–H and O–H groups in total. The van der Waals surface area contributed by atoms with Crippen molar-refractivity contribution in [3.8, 4) is 11.5 Å². The van der Waals surface area contributed by atoms with Gasteiger partial charge in [0, 0.05) is 13.1 Å². The molecule has 2 aliphatic rings. The highest BCUT2D eigenvalue weighted by molar-refractivity contribution is 7.99. The highest BCUT2D eigenvalue weighted by Gasteiger charge is 2.23. The molecule has 2 aromatic carbocycles. The van der Waals surface area contributed by atoms with Crippen molar-refractivity contribution in [3.05, 3.63) is 53.1 Å². The Hall–Kier alpha value is -1.65. The van der Waals surface area contributed by atoms with Crippen LogP contribution >= 0.6 is 11.8 Å². The fourth-order valence-corrected chi connectivity index (χ4v) is 4.99. The zero-order valence-corrected chi connectivity index (χ0v) is 16.5. The Morgan fingerprint density at radius 2 is 2.19 bits per heavy atom. The molecule has 0 fully saturated rings. The molecular weight excluding hydrogens is 342 g/mol. The van der Waals surface area contributed by atoms with Gasteiger partial charge in [-0.05, 0) is 73.5 Å². The summed E-state index contributed by atoms with van der Waals surface area (Å²) in [5, 5.41) is 0. The van der Waals surface area contributed by atoms with Crippen LogP contribution in [0.5, 0.6) is 11.5 Å². The summed E-state index contributed by atoms with van der Waals surface area (Å²) >= 11 is 1.79. The largest absolute Gasteiger partial charge is 0.496 e. The maximum Gasteiger partial charge on any atom is 0.138 e. The Bertz CT molecular complexity index is 777. The normalized spacial score (nSPS) is 18.3. The predicted molar refractivity (Wildman–Crippen MR) is 108 cm³/mol. The minimum Gasteiger partial charge on any atom is -0.496 e. The molecule has 1 aliphatic carbocycles. The predicted octanol–water partition coefficient (Wildman–Crippen LogP) is 4.73. The zero-order valence-electron chi connectivity index (χ0n) is 15.7. The molecule has 1 heterocycles. The molecule has 1 atom stereocenters. The molecule has 0 spiro atoms. The van der Waals surface area contributed by atoms with Crippen LogP contribution in [0.1, 0.15) is 35.4 Å². The van der Waals surface area contributed by atoms with Crippen LogP contribution in [0.15, 0.2) is 41.3 Å². The van der Waals surface area contributed by atoms with Crippen molar-refractivity contribution in [3.63, 3.8) is 0 Å². The summed E-state index contributed by atoms with van der Waals surface area (Å²) in [5.74, 6) is 3.47. The summed E-state index contributed by atoms with van der Waals surface area (Å²) < 4.78 is 11.2. The van der Waals surface area contributed by atoms with Crippen molar-refractivity contribution in [2.24, 2.45) is 0 Å². The molecule has 0 saturated carbocycles. The van der Waals surface area contributed by atoms with E-state index in [4.69, 9.17) is 9.47 Å². The van der Waals surface area contributed by atoms with E-state index >= 15 is 0 Å². The third-order valence-corrected chi connectivity index (χ3v) is 6.43. The van der Waals surface area contributed by atoms with Gasteiger partial charge in [0.05, 0.1) is 12.0 Å². The van der Waals surface area contributed by atoms with Gasteiger partial charge in [-0.25, -0.2) is 0 Å². The van der Waals surface area contributed by atoms with Crippen molar-refractivity contribution >= 4 is 11.8 Å². The Labute approximate surface area is 160 Å². The lowest BCUT2D eigenvalue weighted by Gasteiger charge is -2.30. The lowest BCUT2D eigenvalue weighted by molar-refractivity contribution is 0.299. The van der Waals surface area contributed by atoms with E-state index in [9.17, 15) is 0 Å². The number of benzene rings is 2. The van der Waals surface area contributed by atoms with Crippen LogP contribution in [-0.4, -0.2) is 38.1 Å². The number of ether oxygens (including phenoxy) is 2. The van der Waals surface area contributed by atoms with Crippen LogP contribution in [0.25, 0.3) is 0 Å². The van der Waals surface area contributed by atoms with Gasteiger partial charge < -0.3 is 14.4 Å². The molecule has 3 nitrogen and oxygen atoms in total. The summed E-state index contributed by atoms with van der Waals surface area (Å²) in [6, 6.07) is 13.2. The number of hydrogen-bond donors (Lipinski definition) is 0. The SMILES string of the molecule is COc1cccc2c1CCC[C@H]2CN(C)CCc1ccc2c(c1)SCO2. The van der Waals surface area contributed by atoms with Crippen molar-refractivity contribution in [2.75, 3.05) is 33.2 Å². The zero-order chi connectivity index (χ0) is 17.9. The number of rotatable bonds is 6. The average Bonchev–Trinajstić information content (AvgIpc) is 3.14. The molecule has 2 aromatic rings. The minimum absolute atomic E-state index is 0.614. The van der Waals surface area contributed by atoms with Crippen molar-refractivity contribution < 1.29 is 9.47 Å². The lowest BCUT2D eigenvalue weighted by Crippen LogP contribution is -2.28. The number of nitrogens with zero attached hydrogens (tertiary/aromatic N) is 1. The van der Waals surface area contributed by atoms with E-state index in [1.54, 1.807) is 18.9 Å². The lowest BCUT2D eigenvalue weighted by atomic mass is 9.82. The van der Waals surface area contributed by atoms with E-state index in [1.807, 2.05) is 0 Å². The van der Waals surface area contributed by atoms with Crippen LogP contribution in [0.2, 0.25) is 0 Å². The highest BCUT2D eigenvalue weighted by Crippen LogP contribution is 2.38. The topological polar surface area (TPSA) is 21.7 Å². The first-order valence-corrected chi connectivity index (χ1v) is 10.5. The second-order valence-electron chi connectivity index (χ2n) is 7.32. The summed E-state index contributed by atoms with van der Waals surface area (Å²) in [6.45, 7) is 2.20. The monoisotopic (exact) mass is 369 g/mol. The molecule has 4 rings (SSSR count). The van der Waals surface area contributed by atoms with Crippen molar-refractivity contribution in [1.29, 1.82) is 0 Å². The Balaban J connectivity index is 1.38. The molecule has 0 radical (unpaired) electrons. The number of fused-ring (bicyclic) bond motifs is 2. The third-order valence-electron chi connectivity index (χ3n) is 5.56. The van der Waals surface area contributed by atoms with E-state index in [1.165, 1.54) is 34.4 Å². The van der Waals surface area contributed by atoms with Gasteiger partial charge in [0.25, 0.3) is 0 Å². The molecule has 0 bridgehead atoms. The van der Waals surface area contributed by atoms with E-state index in [0.717, 1.165) is 43.4 Å². The van der Waals surface area contributed by atoms with Gasteiger partial charge in [-0.2, -0.15) is 0 Å². The molecule has 26 heavy (non-hydrogen) atoms. The smallest absolute Gasteiger partial charge is 0.138 e. The van der Waals surface area contributed by atoms with Gasteiger partial charge in [0.1, 0.15) is 17.4 Å². The van der Waals surface area contributed by atoms with E-state index in [2.05, 4.69) is 48.3 Å². The maximum atomic E-state index is 5.58. The first kappa shape index (κ1) is 17.7. The fraction of sp³-hybridized carbons (Fsp3) is 0.455. The standard InChI is InChI=1S/C22H27NO2S/c1-23(12-11-16-9-10-21-22(13-16)26-15-25-21)14-17-5-3-7-19-18(17)6-4-8-20(19)24-2/h4,6,8-10,13,17H,3,5,7,11-12,14-15H2,1-2H3/t17-/m0/s1. The van der Waals surface area contributed by atoms with Crippen molar-refractivity contribution in [2.45, 2.75) is 36.5 Å². The van der Waals surface area contributed by atoms with Crippen LogP contribution in [-0.2, 0) is 12.8 Å². The molecule has 0 unspecified atom stereocenters. The molecule has 0 amide bonds. The molecule has 138 valence electrons. The fourth-order valence-electron chi connectivity index (χ4n) is 4.18. The number of thioether (sulfide) groups is 1. The van der Waals surface area contributed by atoms with Crippen LogP contribution < -0.4 is 9.47 Å². The maximum absolute atomic E-state index is 5.58. The van der Waals surface area contributed by atoms with Gasteiger partial charge in [-0.3, -0.25) is 0 Å². The number of hydrogen-bond acceptors (Lipinski definition) is 4. The van der Waals surface area contributed by atoms with Crippen molar-refractivity contribution in [1.82, 2.24) is 4.90 Å². The molecular formula is C22H27NO2S. The molecule has 0 aromatic heterocycles. The van der Waals surface area contributed by atoms with E-state index in [0.29, 0.717) is 5.92 Å². The summed E-state index contributed by atoms with van der Waals surface area (Å²) in [7, 11) is 4.03. The van der Waals surface area contributed by atoms with Gasteiger partial charge in [0.15, 0.2) is 0 Å². The third kappa shape index (κ3) is 3.72. The average molecular weight is 370 g/mol. The summed E-state index contributed by atoms with van der Waals surface area (Å²) in [4.78, 5) is 3.77. The number of methoxy groups -OCH3 is 1. The van der Waals surface area contributed by atoms with E-state index in [-0.39, 0.29) is 0 Å². The minimum atomic E-state index is 0.614. The molecule has 4 heteroatoms. The van der Waals surface area contributed by atoms with Gasteiger partial charge in [0.2, 0.25) is 0 Å². The Morgan fingerprint density at radius 1 is 1.27 bits per heavy atom. The van der Waals surface area contributed by atoms with Gasteiger partial charge in [-0.15, -0.1) is 0 Å². The molecule has 1 aliphatic heterocycles. The second-order valence-corrected chi connectivity index (χ2v) is 8.28. The first-order chi connectivity index (χ1) is 12.7. The Kier molecular flexibility index (Phi) is 5.41. The highest BCUT2D eigenvalue weighted by atomic mass is 32.2. The number of likely N-dealkylation sites (N-methyl/N-ethyl adjacent to an activating group) is 1. The Morgan fingerprint density at radius 3 is 3.08 bits per heavy atom. The van der Waals surface area contributed by atoms with Gasteiger partial charge >= 0.3 is 0 Å². The van der Waals surface area contributed by atoms with Crippen LogP contribution in [0.3, 0.4) is 0 Å².